The zero-order chi connectivity index (χ0) is 8.55. The van der Waals surface area contributed by atoms with Gasteiger partial charge in [0.05, 0.1) is 4.70 Å². The molecular weight excluding hydrogens is 168 g/mol. The van der Waals surface area contributed by atoms with E-state index in [-0.39, 0.29) is 0 Å². The van der Waals surface area contributed by atoms with E-state index >= 15 is 0 Å². The van der Waals surface area contributed by atoms with Crippen LogP contribution in [0.25, 0.3) is 10.1 Å². The van der Waals surface area contributed by atoms with Crippen LogP contribution in [0.3, 0.4) is 0 Å². The van der Waals surface area contributed by atoms with Gasteiger partial charge in [0.1, 0.15) is 5.69 Å². The largest absolute Gasteiger partial charge is 0.306 e. The molecule has 0 amide bonds. The molecule has 1 aromatic heterocycles. The van der Waals surface area contributed by atoms with Gasteiger partial charge >= 0.3 is 0 Å². The Morgan fingerprint density at radius 1 is 1.50 bits per heavy atom. The lowest BCUT2D eigenvalue weighted by atomic mass is 10.1. The van der Waals surface area contributed by atoms with Crippen LogP contribution in [-0.2, 0) is 0 Å². The first-order valence-electron chi connectivity index (χ1n) is 3.68. The maximum Gasteiger partial charge on any atom is 0.102 e. The van der Waals surface area contributed by atoms with Gasteiger partial charge in [0, 0.05) is 11.6 Å². The van der Waals surface area contributed by atoms with Gasteiger partial charge in [0.25, 0.3) is 0 Å². The number of fused-ring (bicyclic) bond motifs is 1. The molecule has 0 aliphatic carbocycles. The molecule has 2 nitrogen and oxygen atoms in total. The highest BCUT2D eigenvalue weighted by molar-refractivity contribution is 7.13. The van der Waals surface area contributed by atoms with Gasteiger partial charge in [0.15, 0.2) is 0 Å². The Morgan fingerprint density at radius 3 is 3.08 bits per heavy atom. The molecule has 60 valence electrons. The molecule has 0 aliphatic rings. The summed E-state index contributed by atoms with van der Waals surface area (Å²) < 4.78 is 5.33. The van der Waals surface area contributed by atoms with E-state index in [1.54, 1.807) is 0 Å². The first-order valence-corrected chi connectivity index (χ1v) is 4.46. The molecule has 0 saturated carbocycles. The fourth-order valence-electron chi connectivity index (χ4n) is 1.29. The molecule has 0 radical (unpaired) electrons. The van der Waals surface area contributed by atoms with Crippen molar-refractivity contribution in [2.45, 2.75) is 6.92 Å². The normalized spacial score (nSPS) is 10.4. The lowest BCUT2D eigenvalue weighted by Crippen LogP contribution is -1.81. The Morgan fingerprint density at radius 2 is 2.33 bits per heavy atom. The summed E-state index contributed by atoms with van der Waals surface area (Å²) in [5, 5.41) is 8.28. The lowest BCUT2D eigenvalue weighted by molar-refractivity contribution is 1.46. The van der Waals surface area contributed by atoms with Crippen molar-refractivity contribution in [3.63, 3.8) is 0 Å². The summed E-state index contributed by atoms with van der Waals surface area (Å²) in [6, 6.07) is 6.10. The van der Waals surface area contributed by atoms with Gasteiger partial charge in [-0.25, -0.2) is 0 Å². The van der Waals surface area contributed by atoms with E-state index in [9.17, 15) is 0 Å². The monoisotopic (exact) mass is 176 g/mol. The third kappa shape index (κ3) is 0.940. The Labute approximate surface area is 74.5 Å². The highest BCUT2D eigenvalue weighted by Gasteiger charge is 2.04. The van der Waals surface area contributed by atoms with Gasteiger partial charge in [-0.1, -0.05) is 12.1 Å². The summed E-state index contributed by atoms with van der Waals surface area (Å²) in [4.78, 5) is 0. The molecule has 0 saturated heterocycles. The van der Waals surface area contributed by atoms with Gasteiger partial charge in [0.2, 0.25) is 0 Å². The van der Waals surface area contributed by atoms with E-state index in [0.717, 1.165) is 15.8 Å². The van der Waals surface area contributed by atoms with Crippen molar-refractivity contribution in [3.8, 4) is 0 Å². The van der Waals surface area contributed by atoms with E-state index in [0.29, 0.717) is 0 Å². The smallest absolute Gasteiger partial charge is 0.102 e. The Hall–Kier alpha value is -1.22. The molecule has 0 atom stereocenters. The van der Waals surface area contributed by atoms with Crippen molar-refractivity contribution in [1.29, 1.82) is 5.41 Å². The Bertz CT molecular complexity index is 431. The van der Waals surface area contributed by atoms with Crippen LogP contribution in [0.4, 0.5) is 0 Å². The first kappa shape index (κ1) is 7.43. The molecule has 1 heterocycles. The minimum absolute atomic E-state index is 0.785. The van der Waals surface area contributed by atoms with E-state index in [1.165, 1.54) is 23.3 Å². The molecule has 0 fully saturated rings. The Kier molecular flexibility index (Phi) is 1.66. The van der Waals surface area contributed by atoms with E-state index in [4.69, 9.17) is 5.41 Å². The molecule has 12 heavy (non-hydrogen) atoms. The zero-order valence-corrected chi connectivity index (χ0v) is 7.48. The minimum Gasteiger partial charge on any atom is -0.306 e. The summed E-state index contributed by atoms with van der Waals surface area (Å²) in [6.45, 7) is 2.05. The number of hydrogen-bond acceptors (Lipinski definition) is 3. The van der Waals surface area contributed by atoms with Crippen LogP contribution in [0.1, 0.15) is 11.3 Å². The summed E-state index contributed by atoms with van der Waals surface area (Å²) in [5.41, 5.74) is 1.98. The molecule has 1 N–H and O–H groups in total. The van der Waals surface area contributed by atoms with E-state index < -0.39 is 0 Å². The average molecular weight is 176 g/mol. The van der Waals surface area contributed by atoms with E-state index in [2.05, 4.69) is 4.37 Å². The van der Waals surface area contributed by atoms with Crippen LogP contribution in [0, 0.1) is 12.3 Å². The second kappa shape index (κ2) is 2.68. The second-order valence-electron chi connectivity index (χ2n) is 2.66. The van der Waals surface area contributed by atoms with Gasteiger partial charge < -0.3 is 5.41 Å². The maximum absolute atomic E-state index is 7.16. The van der Waals surface area contributed by atoms with Crippen LogP contribution < -0.4 is 0 Å². The third-order valence-electron chi connectivity index (χ3n) is 1.87. The maximum atomic E-state index is 7.16. The SMILES string of the molecule is Cc1cccc2snc(C=N)c12. The van der Waals surface area contributed by atoms with Crippen LogP contribution in [0.2, 0.25) is 0 Å². The number of nitrogens with zero attached hydrogens (tertiary/aromatic N) is 1. The third-order valence-corrected chi connectivity index (χ3v) is 2.69. The molecule has 3 heteroatoms. The quantitative estimate of drug-likeness (QED) is 0.666. The van der Waals surface area contributed by atoms with Crippen molar-refractivity contribution < 1.29 is 0 Å². The van der Waals surface area contributed by atoms with Crippen molar-refractivity contribution in [1.82, 2.24) is 4.37 Å². The topological polar surface area (TPSA) is 36.7 Å². The Balaban J connectivity index is 2.91. The van der Waals surface area contributed by atoms with Crippen molar-refractivity contribution in [3.05, 3.63) is 29.5 Å². The van der Waals surface area contributed by atoms with Crippen molar-refractivity contribution >= 4 is 27.8 Å². The summed E-state index contributed by atoms with van der Waals surface area (Å²) in [6.07, 6.45) is 1.31. The molecule has 1 aromatic carbocycles. The standard InChI is InChI=1S/C9H8N2S/c1-6-3-2-4-8-9(6)7(5-10)11-12-8/h2-5,10H,1H3. The van der Waals surface area contributed by atoms with Gasteiger partial charge in [-0.3, -0.25) is 0 Å². The number of hydrogen-bond donors (Lipinski definition) is 1. The fourth-order valence-corrected chi connectivity index (χ4v) is 2.12. The van der Waals surface area contributed by atoms with Crippen molar-refractivity contribution in [2.75, 3.05) is 0 Å². The van der Waals surface area contributed by atoms with Crippen LogP contribution >= 0.6 is 11.5 Å². The molecule has 0 spiro atoms. The summed E-state index contributed by atoms with van der Waals surface area (Å²) in [7, 11) is 0. The highest BCUT2D eigenvalue weighted by Crippen LogP contribution is 2.24. The molecule has 0 aliphatic heterocycles. The van der Waals surface area contributed by atoms with Crippen molar-refractivity contribution in [2.24, 2.45) is 0 Å². The average Bonchev–Trinajstić information content (AvgIpc) is 2.49. The number of aromatic nitrogens is 1. The van der Waals surface area contributed by atoms with Gasteiger partial charge in [-0.05, 0) is 30.1 Å². The lowest BCUT2D eigenvalue weighted by Gasteiger charge is -1.93. The number of nitrogens with one attached hydrogen (secondary N) is 1. The predicted molar refractivity (Wildman–Crippen MR) is 52.2 cm³/mol. The molecule has 2 aromatic rings. The summed E-state index contributed by atoms with van der Waals surface area (Å²) >= 11 is 1.45. The molecule has 0 bridgehead atoms. The molecule has 2 rings (SSSR count). The number of aryl methyl sites for hydroxylation is 1. The predicted octanol–water partition coefficient (Wildman–Crippen LogP) is 2.60. The highest BCUT2D eigenvalue weighted by atomic mass is 32.1. The zero-order valence-electron chi connectivity index (χ0n) is 6.66. The van der Waals surface area contributed by atoms with Crippen LogP contribution in [0.5, 0.6) is 0 Å². The molecule has 0 unspecified atom stereocenters. The van der Waals surface area contributed by atoms with Crippen LogP contribution in [-0.4, -0.2) is 10.6 Å². The number of benzene rings is 1. The fraction of sp³-hybridized carbons (Fsp3) is 0.111. The number of rotatable bonds is 1. The van der Waals surface area contributed by atoms with E-state index in [1.807, 2.05) is 25.1 Å². The minimum atomic E-state index is 0.785. The second-order valence-corrected chi connectivity index (χ2v) is 3.47. The van der Waals surface area contributed by atoms with Gasteiger partial charge in [-0.15, -0.1) is 0 Å². The summed E-state index contributed by atoms with van der Waals surface area (Å²) in [5.74, 6) is 0. The first-order chi connectivity index (χ1) is 5.83. The van der Waals surface area contributed by atoms with Gasteiger partial charge in [-0.2, -0.15) is 4.37 Å². The van der Waals surface area contributed by atoms with Crippen LogP contribution in [0.15, 0.2) is 18.2 Å². The molecular formula is C9H8N2S.